The fourth-order valence-electron chi connectivity index (χ4n) is 3.47. The Morgan fingerprint density at radius 3 is 2.30 bits per heavy atom. The van der Waals surface area contributed by atoms with Crippen molar-refractivity contribution in [3.63, 3.8) is 0 Å². The molecule has 1 aliphatic heterocycles. The molecular formula is C22H34N4O. The van der Waals surface area contributed by atoms with E-state index in [0.717, 1.165) is 38.2 Å². The van der Waals surface area contributed by atoms with Crippen molar-refractivity contribution in [1.82, 2.24) is 15.1 Å². The number of amides is 2. The third-order valence-electron chi connectivity index (χ3n) is 4.98. The highest BCUT2D eigenvalue weighted by Gasteiger charge is 2.28. The van der Waals surface area contributed by atoms with Crippen molar-refractivity contribution < 1.29 is 4.79 Å². The van der Waals surface area contributed by atoms with Crippen LogP contribution in [0.25, 0.3) is 0 Å². The van der Waals surface area contributed by atoms with Crippen molar-refractivity contribution in [1.29, 1.82) is 0 Å². The van der Waals surface area contributed by atoms with Gasteiger partial charge in [0, 0.05) is 45.0 Å². The summed E-state index contributed by atoms with van der Waals surface area (Å²) in [5.41, 5.74) is 4.70. The van der Waals surface area contributed by atoms with Crippen molar-refractivity contribution in [2.24, 2.45) is 4.99 Å². The molecular weight excluding hydrogens is 336 g/mol. The number of likely N-dealkylation sites (tertiary alicyclic amines) is 1. The number of nitrogens with zero attached hydrogens (tertiary/aromatic N) is 3. The van der Waals surface area contributed by atoms with Crippen LogP contribution in [0, 0.1) is 0 Å². The Labute approximate surface area is 164 Å². The molecule has 1 aliphatic rings. The molecule has 0 radical (unpaired) electrons. The Kier molecular flexibility index (Phi) is 8.04. The van der Waals surface area contributed by atoms with Crippen molar-refractivity contribution in [3.05, 3.63) is 47.2 Å². The summed E-state index contributed by atoms with van der Waals surface area (Å²) in [7, 11) is 1.71. The van der Waals surface area contributed by atoms with Gasteiger partial charge in [0.05, 0.1) is 5.70 Å². The summed E-state index contributed by atoms with van der Waals surface area (Å²) in [6.07, 6.45) is 1.98. The lowest BCUT2D eigenvalue weighted by Gasteiger charge is -2.38. The smallest absolute Gasteiger partial charge is 0.317 e. The van der Waals surface area contributed by atoms with Gasteiger partial charge in [-0.3, -0.25) is 9.89 Å². The number of allylic oxidation sites excluding steroid dienone is 1. The predicted molar refractivity (Wildman–Crippen MR) is 113 cm³/mol. The van der Waals surface area contributed by atoms with E-state index in [0.29, 0.717) is 6.54 Å². The first-order chi connectivity index (χ1) is 12.9. The molecule has 1 heterocycles. The highest BCUT2D eigenvalue weighted by atomic mass is 16.2. The van der Waals surface area contributed by atoms with E-state index < -0.39 is 0 Å². The SMILES string of the molecule is CNC(=O)N(Cc1ccccc1)C1CCN(CC(N=C(C)C)=C(C)C)CC1. The van der Waals surface area contributed by atoms with Crippen LogP contribution in [0.3, 0.4) is 0 Å². The van der Waals surface area contributed by atoms with Gasteiger partial charge < -0.3 is 10.2 Å². The highest BCUT2D eigenvalue weighted by Crippen LogP contribution is 2.21. The van der Waals surface area contributed by atoms with Gasteiger partial charge in [0.25, 0.3) is 0 Å². The number of carbonyl (C=O) groups excluding carboxylic acids is 1. The van der Waals surface area contributed by atoms with Crippen LogP contribution in [-0.2, 0) is 6.54 Å². The molecule has 1 N–H and O–H groups in total. The molecule has 0 unspecified atom stereocenters. The van der Waals surface area contributed by atoms with E-state index in [9.17, 15) is 4.79 Å². The van der Waals surface area contributed by atoms with Crippen molar-refractivity contribution in [2.45, 2.75) is 53.1 Å². The van der Waals surface area contributed by atoms with E-state index in [1.54, 1.807) is 7.05 Å². The summed E-state index contributed by atoms with van der Waals surface area (Å²) in [5.74, 6) is 0. The van der Waals surface area contributed by atoms with Crippen LogP contribution < -0.4 is 5.32 Å². The first-order valence-corrected chi connectivity index (χ1v) is 9.83. The standard InChI is InChI=1S/C22H34N4O/c1-17(2)21(24-18(3)4)16-25-13-11-20(12-14-25)26(22(27)23-5)15-19-9-7-6-8-10-19/h6-10,20H,11-16H2,1-5H3,(H,23,27). The van der Waals surface area contributed by atoms with E-state index in [4.69, 9.17) is 4.99 Å². The quantitative estimate of drug-likeness (QED) is 0.768. The monoisotopic (exact) mass is 370 g/mol. The summed E-state index contributed by atoms with van der Waals surface area (Å²) >= 11 is 0. The molecule has 5 heteroatoms. The summed E-state index contributed by atoms with van der Waals surface area (Å²) in [6.45, 7) is 11.9. The first-order valence-electron chi connectivity index (χ1n) is 9.83. The van der Waals surface area contributed by atoms with Gasteiger partial charge >= 0.3 is 6.03 Å². The summed E-state index contributed by atoms with van der Waals surface area (Å²) in [6, 6.07) is 10.5. The number of piperidine rings is 1. The second kappa shape index (κ2) is 10.3. The first kappa shape index (κ1) is 21.2. The van der Waals surface area contributed by atoms with Crippen LogP contribution in [0.4, 0.5) is 4.79 Å². The minimum Gasteiger partial charge on any atom is -0.341 e. The van der Waals surface area contributed by atoms with Gasteiger partial charge in [-0.15, -0.1) is 0 Å². The molecule has 1 fully saturated rings. The summed E-state index contributed by atoms with van der Waals surface area (Å²) in [4.78, 5) is 21.6. The van der Waals surface area contributed by atoms with Crippen LogP contribution in [0.5, 0.6) is 0 Å². The number of aliphatic imine (C=N–C) groups is 1. The molecule has 0 atom stereocenters. The molecule has 2 rings (SSSR count). The number of rotatable bonds is 6. The third kappa shape index (κ3) is 6.51. The second-order valence-electron chi connectivity index (χ2n) is 7.68. The average Bonchev–Trinajstić information content (AvgIpc) is 2.66. The topological polar surface area (TPSA) is 47.9 Å². The van der Waals surface area contributed by atoms with Gasteiger partial charge in [0.15, 0.2) is 0 Å². The zero-order valence-electron chi connectivity index (χ0n) is 17.5. The van der Waals surface area contributed by atoms with Gasteiger partial charge in [-0.2, -0.15) is 0 Å². The Balaban J connectivity index is 1.99. The third-order valence-corrected chi connectivity index (χ3v) is 4.98. The highest BCUT2D eigenvalue weighted by molar-refractivity contribution is 5.80. The maximum Gasteiger partial charge on any atom is 0.317 e. The van der Waals surface area contributed by atoms with E-state index in [1.165, 1.54) is 16.8 Å². The van der Waals surface area contributed by atoms with Gasteiger partial charge in [-0.1, -0.05) is 35.9 Å². The lowest BCUT2D eigenvalue weighted by molar-refractivity contribution is 0.121. The van der Waals surface area contributed by atoms with Crippen LogP contribution >= 0.6 is 0 Å². The van der Waals surface area contributed by atoms with Crippen molar-refractivity contribution in [3.8, 4) is 0 Å². The average molecular weight is 371 g/mol. The molecule has 0 spiro atoms. The Bertz CT molecular complexity index is 665. The van der Waals surface area contributed by atoms with Crippen molar-refractivity contribution in [2.75, 3.05) is 26.7 Å². The van der Waals surface area contributed by atoms with Gasteiger partial charge in [-0.05, 0) is 46.1 Å². The van der Waals surface area contributed by atoms with Gasteiger partial charge in [0.2, 0.25) is 0 Å². The van der Waals surface area contributed by atoms with Crippen LogP contribution in [0.2, 0.25) is 0 Å². The second-order valence-corrected chi connectivity index (χ2v) is 7.68. The maximum absolute atomic E-state index is 12.5. The predicted octanol–water partition coefficient (Wildman–Crippen LogP) is 4.07. The molecule has 148 valence electrons. The molecule has 0 aromatic heterocycles. The van der Waals surface area contributed by atoms with Gasteiger partial charge in [0.1, 0.15) is 0 Å². The molecule has 1 aromatic rings. The normalized spacial score (nSPS) is 15.1. The van der Waals surface area contributed by atoms with Gasteiger partial charge in [-0.25, -0.2) is 4.79 Å². The zero-order chi connectivity index (χ0) is 19.8. The summed E-state index contributed by atoms with van der Waals surface area (Å²) < 4.78 is 0. The fourth-order valence-corrected chi connectivity index (χ4v) is 3.47. The number of nitrogens with one attached hydrogen (secondary N) is 1. The minimum absolute atomic E-state index is 0.00787. The molecule has 5 nitrogen and oxygen atoms in total. The number of urea groups is 1. The molecule has 1 aromatic carbocycles. The van der Waals surface area contributed by atoms with Crippen molar-refractivity contribution >= 4 is 11.7 Å². The largest absolute Gasteiger partial charge is 0.341 e. The van der Waals surface area contributed by atoms with E-state index >= 15 is 0 Å². The minimum atomic E-state index is 0.00787. The number of hydrogen-bond donors (Lipinski definition) is 1. The fraction of sp³-hybridized carbons (Fsp3) is 0.545. The van der Waals surface area contributed by atoms with Crippen LogP contribution in [0.15, 0.2) is 46.6 Å². The molecule has 0 bridgehead atoms. The lowest BCUT2D eigenvalue weighted by atomic mass is 10.0. The van der Waals surface area contributed by atoms with Crippen LogP contribution in [0.1, 0.15) is 46.1 Å². The molecule has 0 saturated carbocycles. The number of benzene rings is 1. The number of carbonyl (C=O) groups is 1. The lowest BCUT2D eigenvalue weighted by Crippen LogP contribution is -2.49. The summed E-state index contributed by atoms with van der Waals surface area (Å²) in [5, 5.41) is 2.81. The molecule has 27 heavy (non-hydrogen) atoms. The van der Waals surface area contributed by atoms with E-state index in [2.05, 4.69) is 36.2 Å². The number of hydrogen-bond acceptors (Lipinski definition) is 3. The molecule has 0 aliphatic carbocycles. The maximum atomic E-state index is 12.5. The Morgan fingerprint density at radius 1 is 1.15 bits per heavy atom. The Morgan fingerprint density at radius 2 is 1.78 bits per heavy atom. The Hall–Kier alpha value is -2.14. The van der Waals surface area contributed by atoms with E-state index in [1.807, 2.05) is 36.9 Å². The van der Waals surface area contributed by atoms with E-state index in [-0.39, 0.29) is 12.1 Å². The zero-order valence-corrected chi connectivity index (χ0v) is 17.5. The van der Waals surface area contributed by atoms with Crippen LogP contribution in [-0.4, -0.2) is 54.3 Å². The molecule has 2 amide bonds. The molecule has 1 saturated heterocycles.